The van der Waals surface area contributed by atoms with Gasteiger partial charge in [-0.3, -0.25) is 4.84 Å². The lowest BCUT2D eigenvalue weighted by atomic mass is 10.1. The van der Waals surface area contributed by atoms with Crippen LogP contribution in [0.3, 0.4) is 0 Å². The van der Waals surface area contributed by atoms with Gasteiger partial charge >= 0.3 is 6.03 Å². The van der Waals surface area contributed by atoms with E-state index in [-0.39, 0.29) is 18.7 Å². The molecule has 1 unspecified atom stereocenters. The lowest BCUT2D eigenvalue weighted by Crippen LogP contribution is -2.37. The van der Waals surface area contributed by atoms with Crippen molar-refractivity contribution < 1.29 is 23.5 Å². The fourth-order valence-electron chi connectivity index (χ4n) is 1.82. The quantitative estimate of drug-likeness (QED) is 0.715. The Labute approximate surface area is 131 Å². The van der Waals surface area contributed by atoms with Crippen LogP contribution in [0.2, 0.25) is 0 Å². The van der Waals surface area contributed by atoms with Crippen LogP contribution in [-0.2, 0) is 11.4 Å². The molecule has 3 N–H and O–H groups in total. The van der Waals surface area contributed by atoms with Crippen molar-refractivity contribution in [2.45, 2.75) is 12.7 Å². The molecule has 0 saturated carbocycles. The van der Waals surface area contributed by atoms with Gasteiger partial charge in [-0.05, 0) is 23.3 Å². The molecule has 2 amide bonds. The number of amides is 2. The molecule has 0 bridgehead atoms. The first-order valence-corrected chi connectivity index (χ1v) is 6.89. The predicted octanol–water partition coefficient (Wildman–Crippen LogP) is 2.43. The van der Waals surface area contributed by atoms with Gasteiger partial charge in [0.25, 0.3) is 0 Å². The third kappa shape index (κ3) is 5.32. The summed E-state index contributed by atoms with van der Waals surface area (Å²) >= 11 is 0. The second-order valence-corrected chi connectivity index (χ2v) is 4.78. The molecule has 7 heteroatoms. The van der Waals surface area contributed by atoms with Crippen LogP contribution in [0.25, 0.3) is 0 Å². The Morgan fingerprint density at radius 3 is 2.57 bits per heavy atom. The van der Waals surface area contributed by atoms with Crippen molar-refractivity contribution in [3.63, 3.8) is 0 Å². The SMILES string of the molecule is O=C(NCC(O)c1ccc(F)c(F)c1)NOCc1ccccc1. The number of hydrogen-bond acceptors (Lipinski definition) is 3. The summed E-state index contributed by atoms with van der Waals surface area (Å²) in [5, 5.41) is 12.2. The van der Waals surface area contributed by atoms with Crippen molar-refractivity contribution in [2.24, 2.45) is 0 Å². The number of hydroxylamine groups is 1. The first-order chi connectivity index (χ1) is 11.1. The molecule has 5 nitrogen and oxygen atoms in total. The number of hydrogen-bond donors (Lipinski definition) is 3. The Kier molecular flexibility index (Phi) is 6.02. The molecule has 0 aliphatic heterocycles. The molecule has 0 fully saturated rings. The predicted molar refractivity (Wildman–Crippen MR) is 79.1 cm³/mol. The van der Waals surface area contributed by atoms with Crippen LogP contribution in [0.1, 0.15) is 17.2 Å². The van der Waals surface area contributed by atoms with Crippen LogP contribution >= 0.6 is 0 Å². The van der Waals surface area contributed by atoms with Crippen molar-refractivity contribution in [3.05, 3.63) is 71.3 Å². The van der Waals surface area contributed by atoms with E-state index in [0.717, 1.165) is 17.7 Å². The fraction of sp³-hybridized carbons (Fsp3) is 0.188. The normalized spacial score (nSPS) is 11.8. The molecule has 2 aromatic carbocycles. The molecule has 0 radical (unpaired) electrons. The second kappa shape index (κ2) is 8.21. The average molecular weight is 322 g/mol. The molecule has 122 valence electrons. The maximum absolute atomic E-state index is 13.1. The molecule has 0 saturated heterocycles. The number of halogens is 2. The molecular formula is C16H16F2N2O3. The first-order valence-electron chi connectivity index (χ1n) is 6.89. The highest BCUT2D eigenvalue weighted by Crippen LogP contribution is 2.15. The van der Waals surface area contributed by atoms with Gasteiger partial charge in [-0.25, -0.2) is 19.1 Å². The summed E-state index contributed by atoms with van der Waals surface area (Å²) in [6, 6.07) is 11.6. The van der Waals surface area contributed by atoms with E-state index in [1.165, 1.54) is 6.07 Å². The third-order valence-corrected chi connectivity index (χ3v) is 3.03. The van der Waals surface area contributed by atoms with Crippen LogP contribution < -0.4 is 10.8 Å². The molecule has 0 aromatic heterocycles. The van der Waals surface area contributed by atoms with Crippen LogP contribution in [0.4, 0.5) is 13.6 Å². The summed E-state index contributed by atoms with van der Waals surface area (Å²) in [5.41, 5.74) is 3.21. The van der Waals surface area contributed by atoms with Crippen molar-refractivity contribution in [2.75, 3.05) is 6.54 Å². The topological polar surface area (TPSA) is 70.6 Å². The third-order valence-electron chi connectivity index (χ3n) is 3.03. The van der Waals surface area contributed by atoms with Gasteiger partial charge in [-0.1, -0.05) is 36.4 Å². The zero-order valence-corrected chi connectivity index (χ0v) is 12.1. The zero-order chi connectivity index (χ0) is 16.7. The van der Waals surface area contributed by atoms with Gasteiger partial charge in [-0.15, -0.1) is 0 Å². The number of benzene rings is 2. The van der Waals surface area contributed by atoms with E-state index >= 15 is 0 Å². The van der Waals surface area contributed by atoms with E-state index in [4.69, 9.17) is 4.84 Å². The largest absolute Gasteiger partial charge is 0.387 e. The van der Waals surface area contributed by atoms with Gasteiger partial charge in [0.15, 0.2) is 11.6 Å². The molecule has 0 spiro atoms. The Morgan fingerprint density at radius 2 is 1.87 bits per heavy atom. The minimum Gasteiger partial charge on any atom is -0.387 e. The van der Waals surface area contributed by atoms with Gasteiger partial charge in [0, 0.05) is 6.54 Å². The molecule has 1 atom stereocenters. The highest BCUT2D eigenvalue weighted by Gasteiger charge is 2.12. The highest BCUT2D eigenvalue weighted by molar-refractivity contribution is 5.72. The highest BCUT2D eigenvalue weighted by atomic mass is 19.2. The van der Waals surface area contributed by atoms with Gasteiger partial charge in [-0.2, -0.15) is 0 Å². The summed E-state index contributed by atoms with van der Waals surface area (Å²) in [5.74, 6) is -2.06. The summed E-state index contributed by atoms with van der Waals surface area (Å²) in [6.45, 7) is 0.0194. The fourth-order valence-corrected chi connectivity index (χ4v) is 1.82. The molecule has 23 heavy (non-hydrogen) atoms. The van der Waals surface area contributed by atoms with Crippen molar-refractivity contribution in [1.82, 2.24) is 10.8 Å². The van der Waals surface area contributed by atoms with Gasteiger partial charge in [0.05, 0.1) is 12.7 Å². The van der Waals surface area contributed by atoms with Gasteiger partial charge in [0.1, 0.15) is 0 Å². The monoisotopic (exact) mass is 322 g/mol. The van der Waals surface area contributed by atoms with E-state index in [0.29, 0.717) is 0 Å². The first kappa shape index (κ1) is 16.9. The van der Waals surface area contributed by atoms with E-state index in [1.54, 1.807) is 0 Å². The van der Waals surface area contributed by atoms with Crippen LogP contribution in [0.5, 0.6) is 0 Å². The number of carbonyl (C=O) groups is 1. The van der Waals surface area contributed by atoms with E-state index in [1.807, 2.05) is 30.3 Å². The van der Waals surface area contributed by atoms with Crippen LogP contribution in [0.15, 0.2) is 48.5 Å². The van der Waals surface area contributed by atoms with E-state index in [9.17, 15) is 18.7 Å². The number of rotatable bonds is 6. The van der Waals surface area contributed by atoms with Crippen molar-refractivity contribution in [1.29, 1.82) is 0 Å². The lowest BCUT2D eigenvalue weighted by molar-refractivity contribution is 0.0477. The van der Waals surface area contributed by atoms with Gasteiger partial charge in [0.2, 0.25) is 0 Å². The van der Waals surface area contributed by atoms with Crippen molar-refractivity contribution >= 4 is 6.03 Å². The number of aliphatic hydroxyl groups excluding tert-OH is 1. The Morgan fingerprint density at radius 1 is 1.13 bits per heavy atom. The summed E-state index contributed by atoms with van der Waals surface area (Å²) in [4.78, 5) is 16.5. The average Bonchev–Trinajstić information content (AvgIpc) is 2.56. The van der Waals surface area contributed by atoms with Crippen molar-refractivity contribution in [3.8, 4) is 0 Å². The van der Waals surface area contributed by atoms with Crippen LogP contribution in [-0.4, -0.2) is 17.7 Å². The molecule has 0 aliphatic carbocycles. The van der Waals surface area contributed by atoms with E-state index < -0.39 is 23.8 Å². The Hall–Kier alpha value is -2.51. The summed E-state index contributed by atoms with van der Waals surface area (Å²) in [7, 11) is 0. The summed E-state index contributed by atoms with van der Waals surface area (Å²) in [6.07, 6.45) is -1.16. The molecule has 2 aromatic rings. The number of nitrogens with one attached hydrogen (secondary N) is 2. The van der Waals surface area contributed by atoms with Crippen LogP contribution in [0, 0.1) is 11.6 Å². The molecule has 0 heterocycles. The molecule has 0 aliphatic rings. The zero-order valence-electron chi connectivity index (χ0n) is 12.1. The number of aliphatic hydroxyl groups is 1. The van der Waals surface area contributed by atoms with Gasteiger partial charge < -0.3 is 10.4 Å². The maximum atomic E-state index is 13.1. The Bertz CT molecular complexity index is 653. The number of urea groups is 1. The smallest absolute Gasteiger partial charge is 0.338 e. The second-order valence-electron chi connectivity index (χ2n) is 4.78. The lowest BCUT2D eigenvalue weighted by Gasteiger charge is -2.13. The Balaban J connectivity index is 1.72. The summed E-state index contributed by atoms with van der Waals surface area (Å²) < 4.78 is 25.9. The molecule has 2 rings (SSSR count). The number of carbonyl (C=O) groups excluding carboxylic acids is 1. The maximum Gasteiger partial charge on any atom is 0.338 e. The van der Waals surface area contributed by atoms with E-state index in [2.05, 4.69) is 10.8 Å². The standard InChI is InChI=1S/C16H16F2N2O3/c17-13-7-6-12(8-14(13)18)15(21)9-19-16(22)20-23-10-11-4-2-1-3-5-11/h1-8,15,21H,9-10H2,(H2,19,20,22). The minimum absolute atomic E-state index is 0.161. The minimum atomic E-state index is -1.16. The molecular weight excluding hydrogens is 306 g/mol.